The topological polar surface area (TPSA) is 79.7 Å². The number of carbonyl (C=O) groups excluding carboxylic acids is 2. The van der Waals surface area contributed by atoms with Gasteiger partial charge in [-0.25, -0.2) is 0 Å². The molecule has 162 valence electrons. The molecule has 4 rings (SSSR count). The number of hydrogen-bond donors (Lipinski definition) is 1. The first-order chi connectivity index (χ1) is 15.3. The summed E-state index contributed by atoms with van der Waals surface area (Å²) < 4.78 is 5.15. The van der Waals surface area contributed by atoms with Gasteiger partial charge in [0.15, 0.2) is 5.75 Å². The molecule has 0 spiro atoms. The summed E-state index contributed by atoms with van der Waals surface area (Å²) in [6.07, 6.45) is 3.14. The fraction of sp³-hybridized carbons (Fsp3) is 0.125. The normalized spacial score (nSPS) is 17.6. The van der Waals surface area contributed by atoms with Crippen molar-refractivity contribution in [2.75, 3.05) is 12.0 Å². The average molecular weight is 469 g/mol. The summed E-state index contributed by atoms with van der Waals surface area (Å²) in [5.41, 5.74) is 2.21. The summed E-state index contributed by atoms with van der Waals surface area (Å²) in [6, 6.07) is 12.6. The van der Waals surface area contributed by atoms with Crippen LogP contribution in [0.15, 0.2) is 66.5 Å². The molecule has 8 heteroatoms. The summed E-state index contributed by atoms with van der Waals surface area (Å²) in [7, 11) is 1.42. The molecule has 1 atom stereocenters. The van der Waals surface area contributed by atoms with Crippen molar-refractivity contribution in [2.45, 2.75) is 13.0 Å². The Morgan fingerprint density at radius 2 is 1.75 bits per heavy atom. The molecule has 1 amide bonds. The van der Waals surface area contributed by atoms with E-state index < -0.39 is 23.5 Å². The van der Waals surface area contributed by atoms with Crippen LogP contribution in [-0.2, 0) is 9.59 Å². The first kappa shape index (κ1) is 21.9. The molecule has 0 aliphatic carbocycles. The molecule has 32 heavy (non-hydrogen) atoms. The van der Waals surface area contributed by atoms with Gasteiger partial charge in [-0.05, 0) is 42.8 Å². The first-order valence-electron chi connectivity index (χ1n) is 9.64. The van der Waals surface area contributed by atoms with Gasteiger partial charge in [-0.2, -0.15) is 0 Å². The Morgan fingerprint density at radius 3 is 2.31 bits per heavy atom. The number of aryl methyl sites for hydroxylation is 1. The Hall–Kier alpha value is -3.35. The minimum atomic E-state index is -0.883. The molecule has 1 aliphatic heterocycles. The molecule has 2 aromatic carbocycles. The summed E-state index contributed by atoms with van der Waals surface area (Å²) in [4.78, 5) is 31.7. The highest BCUT2D eigenvalue weighted by molar-refractivity contribution is 6.51. The van der Waals surface area contributed by atoms with Crippen LogP contribution in [0.5, 0.6) is 5.75 Å². The summed E-state index contributed by atoms with van der Waals surface area (Å²) in [5, 5.41) is 11.5. The van der Waals surface area contributed by atoms with Crippen molar-refractivity contribution >= 4 is 46.3 Å². The number of pyridine rings is 1. The minimum absolute atomic E-state index is 0.0825. The molecule has 1 unspecified atom stereocenters. The fourth-order valence-electron chi connectivity index (χ4n) is 3.70. The van der Waals surface area contributed by atoms with Gasteiger partial charge in [-0.1, -0.05) is 47.0 Å². The van der Waals surface area contributed by atoms with Crippen molar-refractivity contribution in [3.05, 3.63) is 93.2 Å². The number of hydrogen-bond acceptors (Lipinski definition) is 5. The molecule has 1 N–H and O–H groups in total. The Morgan fingerprint density at radius 1 is 1.09 bits per heavy atom. The lowest BCUT2D eigenvalue weighted by Gasteiger charge is -2.25. The van der Waals surface area contributed by atoms with E-state index in [-0.39, 0.29) is 26.9 Å². The van der Waals surface area contributed by atoms with Crippen LogP contribution in [0, 0.1) is 6.92 Å². The second-order valence-corrected chi connectivity index (χ2v) is 8.08. The minimum Gasteiger partial charge on any atom is -0.507 e. The third kappa shape index (κ3) is 3.72. The number of rotatable bonds is 4. The van der Waals surface area contributed by atoms with Gasteiger partial charge in [0.25, 0.3) is 11.7 Å². The molecular weight excluding hydrogens is 451 g/mol. The molecule has 1 saturated heterocycles. The van der Waals surface area contributed by atoms with E-state index in [0.717, 1.165) is 5.56 Å². The van der Waals surface area contributed by atoms with Crippen LogP contribution in [-0.4, -0.2) is 28.9 Å². The van der Waals surface area contributed by atoms with Gasteiger partial charge in [-0.15, -0.1) is 0 Å². The number of amides is 1. The molecule has 6 nitrogen and oxygen atoms in total. The maximum atomic E-state index is 13.1. The van der Waals surface area contributed by atoms with Gasteiger partial charge in [0.1, 0.15) is 5.76 Å². The monoisotopic (exact) mass is 468 g/mol. The molecule has 2 heterocycles. The maximum Gasteiger partial charge on any atom is 0.300 e. The molecular formula is C24H18Cl2N2O4. The predicted octanol–water partition coefficient (Wildman–Crippen LogP) is 5.33. The third-order valence-electron chi connectivity index (χ3n) is 5.23. The standard InChI is InChI=1S/C24H18Cl2N2O4/c1-13-5-7-16(8-6-13)28-20(14-4-3-9-27-12-14)19(22(30)24(28)31)21(29)15-10-17(25)23(32-2)18(26)11-15/h3-12,20,29H,1-2H3/b21-19+. The highest BCUT2D eigenvalue weighted by Gasteiger charge is 2.47. The van der Waals surface area contributed by atoms with Crippen LogP contribution in [0.25, 0.3) is 5.76 Å². The van der Waals surface area contributed by atoms with E-state index in [9.17, 15) is 14.7 Å². The molecule has 1 aromatic heterocycles. The predicted molar refractivity (Wildman–Crippen MR) is 123 cm³/mol. The van der Waals surface area contributed by atoms with Gasteiger partial charge in [0.05, 0.1) is 28.8 Å². The average Bonchev–Trinajstić information content (AvgIpc) is 3.05. The Bertz CT molecular complexity index is 1220. The lowest BCUT2D eigenvalue weighted by molar-refractivity contribution is -0.132. The molecule has 0 radical (unpaired) electrons. The number of halogens is 2. The zero-order valence-corrected chi connectivity index (χ0v) is 18.7. The number of carbonyl (C=O) groups is 2. The van der Waals surface area contributed by atoms with Crippen LogP contribution >= 0.6 is 23.2 Å². The number of aromatic nitrogens is 1. The van der Waals surface area contributed by atoms with Crippen LogP contribution in [0.4, 0.5) is 5.69 Å². The lowest BCUT2D eigenvalue weighted by Crippen LogP contribution is -2.29. The number of aliphatic hydroxyl groups excluding tert-OH is 1. The number of benzene rings is 2. The van der Waals surface area contributed by atoms with Gasteiger partial charge in [0.2, 0.25) is 0 Å². The van der Waals surface area contributed by atoms with Crippen molar-refractivity contribution in [1.82, 2.24) is 4.98 Å². The second-order valence-electron chi connectivity index (χ2n) is 7.26. The van der Waals surface area contributed by atoms with E-state index in [1.807, 2.05) is 19.1 Å². The van der Waals surface area contributed by atoms with E-state index in [1.54, 1.807) is 36.7 Å². The Kier molecular flexibility index (Phi) is 5.91. The van der Waals surface area contributed by atoms with Gasteiger partial charge in [0, 0.05) is 23.6 Å². The van der Waals surface area contributed by atoms with Gasteiger partial charge >= 0.3 is 0 Å². The number of ketones is 1. The van der Waals surface area contributed by atoms with Crippen molar-refractivity contribution < 1.29 is 19.4 Å². The number of Topliss-reactive ketones (excluding diaryl/α,β-unsaturated/α-hetero) is 1. The molecule has 1 aliphatic rings. The summed E-state index contributed by atoms with van der Waals surface area (Å²) in [5.74, 6) is -1.72. The van der Waals surface area contributed by atoms with Gasteiger partial charge < -0.3 is 9.84 Å². The maximum absolute atomic E-state index is 13.1. The number of nitrogens with zero attached hydrogens (tertiary/aromatic N) is 2. The smallest absolute Gasteiger partial charge is 0.300 e. The number of anilines is 1. The quantitative estimate of drug-likeness (QED) is 0.317. The second kappa shape index (κ2) is 8.65. The van der Waals surface area contributed by atoms with Crippen molar-refractivity contribution in [2.24, 2.45) is 0 Å². The van der Waals surface area contributed by atoms with Crippen molar-refractivity contribution in [3.8, 4) is 5.75 Å². The van der Waals surface area contributed by atoms with E-state index in [1.165, 1.54) is 24.1 Å². The fourth-order valence-corrected chi connectivity index (χ4v) is 4.35. The lowest BCUT2D eigenvalue weighted by atomic mass is 9.96. The van der Waals surface area contributed by atoms with Gasteiger partial charge in [-0.3, -0.25) is 19.5 Å². The van der Waals surface area contributed by atoms with Crippen LogP contribution in [0.1, 0.15) is 22.7 Å². The zero-order chi connectivity index (χ0) is 23.0. The highest BCUT2D eigenvalue weighted by atomic mass is 35.5. The highest BCUT2D eigenvalue weighted by Crippen LogP contribution is 2.43. The van der Waals surface area contributed by atoms with Crippen LogP contribution < -0.4 is 9.64 Å². The molecule has 1 fully saturated rings. The third-order valence-corrected chi connectivity index (χ3v) is 5.79. The van der Waals surface area contributed by atoms with E-state index in [4.69, 9.17) is 27.9 Å². The number of methoxy groups -OCH3 is 1. The largest absolute Gasteiger partial charge is 0.507 e. The van der Waals surface area contributed by atoms with E-state index in [0.29, 0.717) is 11.3 Å². The number of aliphatic hydroxyl groups is 1. The van der Waals surface area contributed by atoms with Crippen LogP contribution in [0.3, 0.4) is 0 Å². The Labute approximate surface area is 194 Å². The van der Waals surface area contributed by atoms with E-state index >= 15 is 0 Å². The number of ether oxygens (including phenoxy) is 1. The summed E-state index contributed by atoms with van der Waals surface area (Å²) in [6.45, 7) is 1.92. The van der Waals surface area contributed by atoms with Crippen LogP contribution in [0.2, 0.25) is 10.0 Å². The zero-order valence-electron chi connectivity index (χ0n) is 17.2. The van der Waals surface area contributed by atoms with Crippen molar-refractivity contribution in [1.29, 1.82) is 0 Å². The molecule has 0 bridgehead atoms. The SMILES string of the molecule is COc1c(Cl)cc(/C(O)=C2\C(=O)C(=O)N(c3ccc(C)cc3)C2c2cccnc2)cc1Cl. The van der Waals surface area contributed by atoms with E-state index in [2.05, 4.69) is 4.98 Å². The molecule has 3 aromatic rings. The van der Waals surface area contributed by atoms with Crippen molar-refractivity contribution in [3.63, 3.8) is 0 Å². The first-order valence-corrected chi connectivity index (χ1v) is 10.4. The Balaban J connectivity index is 1.94. The molecule has 0 saturated carbocycles. The summed E-state index contributed by atoms with van der Waals surface area (Å²) >= 11 is 12.5.